The first-order chi connectivity index (χ1) is 5.68. The molecule has 0 aromatic heterocycles. The molecule has 0 spiro atoms. The summed E-state index contributed by atoms with van der Waals surface area (Å²) in [7, 11) is 7.61. The molecule has 0 fully saturated rings. The van der Waals surface area contributed by atoms with Crippen molar-refractivity contribution in [3.63, 3.8) is 0 Å². The van der Waals surface area contributed by atoms with E-state index in [4.69, 9.17) is 0 Å². The molecule has 0 aliphatic rings. The number of nitrogens with zero attached hydrogens (tertiary/aromatic N) is 1. The van der Waals surface area contributed by atoms with Crippen LogP contribution in [-0.4, -0.2) is 18.4 Å². The quantitative estimate of drug-likeness (QED) is 0.543. The summed E-state index contributed by atoms with van der Waals surface area (Å²) < 4.78 is 2.09. The zero-order valence-electron chi connectivity index (χ0n) is 7.57. The minimum atomic E-state index is 1.30. The first-order valence-electron chi connectivity index (χ1n) is 3.77. The lowest BCUT2D eigenvalue weighted by Crippen LogP contribution is -1.95. The Labute approximate surface area is 82.1 Å². The lowest BCUT2D eigenvalue weighted by molar-refractivity contribution is 0.711. The fourth-order valence-corrected chi connectivity index (χ4v) is 2.23. The molecule has 1 nitrogen and oxygen atoms in total. The third-order valence-electron chi connectivity index (χ3n) is 1.30. The van der Waals surface area contributed by atoms with Crippen LogP contribution in [0.3, 0.4) is 0 Å². The average molecular weight is 199 g/mol. The van der Waals surface area contributed by atoms with E-state index in [1.807, 2.05) is 14.1 Å². The van der Waals surface area contributed by atoms with Crippen molar-refractivity contribution in [3.05, 3.63) is 29.8 Å². The van der Waals surface area contributed by atoms with Crippen LogP contribution in [0.25, 0.3) is 0 Å². The van der Waals surface area contributed by atoms with Crippen LogP contribution in [0.5, 0.6) is 0 Å². The van der Waals surface area contributed by atoms with Crippen molar-refractivity contribution >= 4 is 21.8 Å². The smallest absolute Gasteiger partial charge is 0.0195 e. The molecule has 1 aromatic carbocycles. The number of aryl methyl sites for hydroxylation is 1. The summed E-state index contributed by atoms with van der Waals surface area (Å²) in [6, 6.07) is 8.57. The molecule has 1 aromatic rings. The van der Waals surface area contributed by atoms with Gasteiger partial charge in [0.1, 0.15) is 0 Å². The molecule has 0 aliphatic heterocycles. The van der Waals surface area contributed by atoms with Crippen LogP contribution in [0.1, 0.15) is 5.56 Å². The second-order valence-electron chi connectivity index (χ2n) is 2.78. The van der Waals surface area contributed by atoms with Crippen LogP contribution in [-0.2, 0) is 0 Å². The molecule has 0 atom stereocenters. The van der Waals surface area contributed by atoms with Gasteiger partial charge in [0.15, 0.2) is 0 Å². The van der Waals surface area contributed by atoms with Crippen molar-refractivity contribution in [2.24, 2.45) is 0 Å². The Morgan fingerprint density at radius 3 is 2.17 bits per heavy atom. The summed E-state index contributed by atoms with van der Waals surface area (Å²) in [5.41, 5.74) is 1.31. The minimum absolute atomic E-state index is 1.30. The Bertz CT molecular complexity index is 231. The molecule has 1 rings (SSSR count). The SMILES string of the molecule is Cc1ccc(SSN(C)C)cc1. The van der Waals surface area contributed by atoms with E-state index < -0.39 is 0 Å². The van der Waals surface area contributed by atoms with Gasteiger partial charge in [-0.2, -0.15) is 0 Å². The number of benzene rings is 1. The standard InChI is InChI=1S/C9H13NS2/c1-8-4-6-9(7-5-8)11-12-10(2)3/h4-7H,1-3H3. The van der Waals surface area contributed by atoms with Gasteiger partial charge in [0.25, 0.3) is 0 Å². The summed E-state index contributed by atoms with van der Waals surface area (Å²) in [5.74, 6) is 0. The molecule has 0 saturated heterocycles. The van der Waals surface area contributed by atoms with Crippen LogP contribution in [0.2, 0.25) is 0 Å². The Kier molecular flexibility index (Phi) is 3.98. The number of hydrogen-bond donors (Lipinski definition) is 0. The molecule has 0 unspecified atom stereocenters. The Balaban J connectivity index is 2.48. The molecule has 0 bridgehead atoms. The van der Waals surface area contributed by atoms with Gasteiger partial charge in [-0.05, 0) is 54.9 Å². The zero-order chi connectivity index (χ0) is 8.97. The van der Waals surface area contributed by atoms with Crippen molar-refractivity contribution in [1.82, 2.24) is 4.31 Å². The van der Waals surface area contributed by atoms with Crippen molar-refractivity contribution in [1.29, 1.82) is 0 Å². The van der Waals surface area contributed by atoms with E-state index >= 15 is 0 Å². The van der Waals surface area contributed by atoms with Crippen molar-refractivity contribution < 1.29 is 0 Å². The molecule has 0 radical (unpaired) electrons. The lowest BCUT2D eigenvalue weighted by atomic mass is 10.2. The van der Waals surface area contributed by atoms with Crippen LogP contribution >= 0.6 is 21.8 Å². The molecule has 0 N–H and O–H groups in total. The van der Waals surface area contributed by atoms with Gasteiger partial charge < -0.3 is 0 Å². The van der Waals surface area contributed by atoms with Crippen molar-refractivity contribution in [2.45, 2.75) is 11.8 Å². The predicted octanol–water partition coefficient (Wildman–Crippen LogP) is 3.21. The highest BCUT2D eigenvalue weighted by Crippen LogP contribution is 2.31. The zero-order valence-corrected chi connectivity index (χ0v) is 9.21. The van der Waals surface area contributed by atoms with Gasteiger partial charge in [-0.3, -0.25) is 0 Å². The highest BCUT2D eigenvalue weighted by Gasteiger charge is 1.95. The highest BCUT2D eigenvalue weighted by molar-refractivity contribution is 8.75. The molecule has 0 saturated carbocycles. The van der Waals surface area contributed by atoms with Crippen molar-refractivity contribution in [2.75, 3.05) is 14.1 Å². The highest BCUT2D eigenvalue weighted by atomic mass is 33.1. The van der Waals surface area contributed by atoms with Gasteiger partial charge in [-0.15, -0.1) is 0 Å². The van der Waals surface area contributed by atoms with E-state index in [9.17, 15) is 0 Å². The summed E-state index contributed by atoms with van der Waals surface area (Å²) in [4.78, 5) is 1.30. The van der Waals surface area contributed by atoms with Crippen LogP contribution < -0.4 is 0 Å². The Morgan fingerprint density at radius 1 is 1.08 bits per heavy atom. The first kappa shape index (κ1) is 9.96. The Morgan fingerprint density at radius 2 is 1.67 bits per heavy atom. The number of hydrogen-bond acceptors (Lipinski definition) is 3. The van der Waals surface area contributed by atoms with Gasteiger partial charge >= 0.3 is 0 Å². The molecule has 0 amide bonds. The van der Waals surface area contributed by atoms with E-state index in [0.717, 1.165) is 0 Å². The van der Waals surface area contributed by atoms with Crippen LogP contribution in [0, 0.1) is 6.92 Å². The summed E-state index contributed by atoms with van der Waals surface area (Å²) in [6.07, 6.45) is 0. The maximum absolute atomic E-state index is 2.15. The number of rotatable bonds is 3. The van der Waals surface area contributed by atoms with Gasteiger partial charge in [0.05, 0.1) is 0 Å². The van der Waals surface area contributed by atoms with E-state index in [1.165, 1.54) is 10.5 Å². The van der Waals surface area contributed by atoms with Crippen LogP contribution in [0.15, 0.2) is 29.2 Å². The topological polar surface area (TPSA) is 3.24 Å². The molecule has 12 heavy (non-hydrogen) atoms. The van der Waals surface area contributed by atoms with Gasteiger partial charge in [-0.25, -0.2) is 4.31 Å². The second-order valence-corrected chi connectivity index (χ2v) is 5.25. The third-order valence-corrected chi connectivity index (χ3v) is 3.84. The predicted molar refractivity (Wildman–Crippen MR) is 58.3 cm³/mol. The van der Waals surface area contributed by atoms with Gasteiger partial charge in [-0.1, -0.05) is 17.7 Å². The fraction of sp³-hybridized carbons (Fsp3) is 0.333. The molecular weight excluding hydrogens is 186 g/mol. The molecule has 66 valence electrons. The average Bonchev–Trinajstić information content (AvgIpc) is 2.03. The largest absolute Gasteiger partial charge is 0.247 e. The van der Waals surface area contributed by atoms with Gasteiger partial charge in [0.2, 0.25) is 0 Å². The molecule has 0 aliphatic carbocycles. The molecule has 3 heteroatoms. The molecular formula is C9H13NS2. The van der Waals surface area contributed by atoms with Crippen LogP contribution in [0.4, 0.5) is 0 Å². The van der Waals surface area contributed by atoms with Crippen molar-refractivity contribution in [3.8, 4) is 0 Å². The Hall–Kier alpha value is -0.120. The fourth-order valence-electron chi connectivity index (χ4n) is 0.711. The summed E-state index contributed by atoms with van der Waals surface area (Å²) in [6.45, 7) is 2.10. The summed E-state index contributed by atoms with van der Waals surface area (Å²) >= 11 is 0. The lowest BCUT2D eigenvalue weighted by Gasteiger charge is -2.06. The summed E-state index contributed by atoms with van der Waals surface area (Å²) in [5, 5.41) is 0. The van der Waals surface area contributed by atoms with E-state index in [-0.39, 0.29) is 0 Å². The normalized spacial score (nSPS) is 10.7. The molecule has 0 heterocycles. The monoisotopic (exact) mass is 199 g/mol. The third kappa shape index (κ3) is 3.52. The maximum Gasteiger partial charge on any atom is 0.0195 e. The second kappa shape index (κ2) is 4.80. The van der Waals surface area contributed by atoms with E-state index in [0.29, 0.717) is 0 Å². The maximum atomic E-state index is 2.15. The van der Waals surface area contributed by atoms with E-state index in [2.05, 4.69) is 35.5 Å². The first-order valence-corrected chi connectivity index (χ1v) is 5.88. The van der Waals surface area contributed by atoms with Gasteiger partial charge in [0, 0.05) is 4.90 Å². The van der Waals surface area contributed by atoms with E-state index in [1.54, 1.807) is 21.8 Å². The minimum Gasteiger partial charge on any atom is -0.247 e.